The molecule has 0 fully saturated rings. The van der Waals surface area contributed by atoms with Crippen molar-refractivity contribution in [3.63, 3.8) is 0 Å². The molecule has 0 saturated heterocycles. The number of unbranched alkanes of at least 4 members (excludes halogenated alkanes) is 2. The number of hydrogen-bond acceptors (Lipinski definition) is 10. The normalized spacial score (nSPS) is 17.0. The minimum Gasteiger partial charge on any atom is -0.475 e. The second kappa shape index (κ2) is 14.6. The van der Waals surface area contributed by atoms with Crippen LogP contribution in [0.4, 0.5) is 0 Å². The number of likely N-dealkylation sites (N-methyl/N-ethyl adjacent to an activating group) is 2. The van der Waals surface area contributed by atoms with Crippen LogP contribution in [0.3, 0.4) is 0 Å². The van der Waals surface area contributed by atoms with Gasteiger partial charge < -0.3 is 19.3 Å². The minimum atomic E-state index is 0.507. The van der Waals surface area contributed by atoms with Crippen LogP contribution in [0.1, 0.15) is 64.3 Å². The van der Waals surface area contributed by atoms with Crippen molar-refractivity contribution < 1.29 is 9.47 Å². The molecule has 10 heteroatoms. The van der Waals surface area contributed by atoms with Crippen LogP contribution in [-0.4, -0.2) is 80.8 Å². The average Bonchev–Trinajstić information content (AvgIpc) is 3.50. The summed E-state index contributed by atoms with van der Waals surface area (Å²) in [5.74, 6) is 1.93. The van der Waals surface area contributed by atoms with E-state index in [2.05, 4.69) is 74.3 Å². The summed E-state index contributed by atoms with van der Waals surface area (Å²) in [5.41, 5.74) is 4.37. The average molecular weight is 521 g/mol. The Bertz CT molecular complexity index is 955. The summed E-state index contributed by atoms with van der Waals surface area (Å²) in [4.78, 5) is 4.59. The van der Waals surface area contributed by atoms with Gasteiger partial charge >= 0.3 is 0 Å². The standard InChI is InChI=1S/C13H21N3OS.C12H19N3OS/c1-3-4-5-9-17-13-12(14-18-15-13)11-7-6-8-16(2)10-11;1-9(2)8-16-12-11(13-17-14-12)10-5-4-6-15(3)7-10/h7H,3-6,8-10H2,1-2H3;5,9H,4,6-8H2,1-3H3. The van der Waals surface area contributed by atoms with Gasteiger partial charge in [0.15, 0.2) is 0 Å². The summed E-state index contributed by atoms with van der Waals surface area (Å²) >= 11 is 2.47. The van der Waals surface area contributed by atoms with Crippen LogP contribution in [0, 0.1) is 5.92 Å². The first-order valence-corrected chi connectivity index (χ1v) is 14.1. The van der Waals surface area contributed by atoms with Crippen molar-refractivity contribution in [2.45, 2.75) is 52.9 Å². The van der Waals surface area contributed by atoms with Crippen LogP contribution in [0.5, 0.6) is 11.8 Å². The first-order valence-electron chi connectivity index (χ1n) is 12.6. The highest BCUT2D eigenvalue weighted by Gasteiger charge is 2.19. The highest BCUT2D eigenvalue weighted by atomic mass is 32.1. The summed E-state index contributed by atoms with van der Waals surface area (Å²) in [6, 6.07) is 0. The molecule has 2 aliphatic rings. The maximum absolute atomic E-state index is 5.75. The Morgan fingerprint density at radius 3 is 1.86 bits per heavy atom. The quantitative estimate of drug-likeness (QED) is 0.400. The van der Waals surface area contributed by atoms with E-state index in [0.717, 1.165) is 69.3 Å². The molecule has 0 saturated carbocycles. The second-order valence-electron chi connectivity index (χ2n) is 9.61. The van der Waals surface area contributed by atoms with E-state index in [1.165, 1.54) is 47.4 Å². The van der Waals surface area contributed by atoms with Gasteiger partial charge in [0.05, 0.1) is 36.7 Å². The molecule has 4 rings (SSSR count). The van der Waals surface area contributed by atoms with E-state index in [1.807, 2.05) is 0 Å². The third-order valence-electron chi connectivity index (χ3n) is 5.75. The molecule has 8 nitrogen and oxygen atoms in total. The number of rotatable bonds is 10. The molecular weight excluding hydrogens is 480 g/mol. The fourth-order valence-corrected chi connectivity index (χ4v) is 4.90. The second-order valence-corrected chi connectivity index (χ2v) is 10.7. The predicted octanol–water partition coefficient (Wildman–Crippen LogP) is 5.12. The van der Waals surface area contributed by atoms with Crippen LogP contribution in [0.2, 0.25) is 0 Å². The largest absolute Gasteiger partial charge is 0.475 e. The maximum Gasteiger partial charge on any atom is 0.253 e. The topological polar surface area (TPSA) is 76.5 Å². The van der Waals surface area contributed by atoms with Crippen LogP contribution >= 0.6 is 23.5 Å². The highest BCUT2D eigenvalue weighted by molar-refractivity contribution is 6.99. The van der Waals surface area contributed by atoms with Gasteiger partial charge in [-0.2, -0.15) is 8.75 Å². The first kappa shape index (κ1) is 27.7. The zero-order valence-electron chi connectivity index (χ0n) is 21.8. The molecular formula is C25H40N6O2S2. The van der Waals surface area contributed by atoms with Crippen molar-refractivity contribution in [3.8, 4) is 11.8 Å². The predicted molar refractivity (Wildman–Crippen MR) is 145 cm³/mol. The molecule has 0 aliphatic carbocycles. The van der Waals surface area contributed by atoms with E-state index < -0.39 is 0 Å². The van der Waals surface area contributed by atoms with Gasteiger partial charge in [0.1, 0.15) is 11.4 Å². The van der Waals surface area contributed by atoms with E-state index in [9.17, 15) is 0 Å². The molecule has 194 valence electrons. The summed E-state index contributed by atoms with van der Waals surface area (Å²) < 4.78 is 28.7. The van der Waals surface area contributed by atoms with Crippen molar-refractivity contribution in [3.05, 3.63) is 23.5 Å². The molecule has 0 radical (unpaired) electrons. The Balaban J connectivity index is 0.000000196. The van der Waals surface area contributed by atoms with Crippen molar-refractivity contribution in [1.29, 1.82) is 0 Å². The molecule has 0 atom stereocenters. The third-order valence-corrected chi connectivity index (χ3v) is 6.77. The molecule has 2 aliphatic heterocycles. The lowest BCUT2D eigenvalue weighted by molar-refractivity contribution is 0.262. The van der Waals surface area contributed by atoms with Gasteiger partial charge in [-0.3, -0.25) is 0 Å². The summed E-state index contributed by atoms with van der Waals surface area (Å²) in [7, 11) is 4.26. The van der Waals surface area contributed by atoms with Gasteiger partial charge in [0, 0.05) is 26.2 Å². The zero-order valence-corrected chi connectivity index (χ0v) is 23.5. The molecule has 35 heavy (non-hydrogen) atoms. The van der Waals surface area contributed by atoms with Gasteiger partial charge in [-0.1, -0.05) is 45.8 Å². The Hall–Kier alpha value is -1.88. The van der Waals surface area contributed by atoms with Gasteiger partial charge in [0.25, 0.3) is 11.8 Å². The Kier molecular flexibility index (Phi) is 11.6. The Labute approximate surface area is 218 Å². The zero-order chi connectivity index (χ0) is 25.0. The molecule has 0 N–H and O–H groups in total. The van der Waals surface area contributed by atoms with E-state index >= 15 is 0 Å². The lowest BCUT2D eigenvalue weighted by Gasteiger charge is -2.22. The van der Waals surface area contributed by atoms with Gasteiger partial charge in [-0.15, -0.1) is 8.75 Å². The monoisotopic (exact) mass is 520 g/mol. The van der Waals surface area contributed by atoms with Crippen LogP contribution < -0.4 is 9.47 Å². The molecule has 2 aromatic heterocycles. The number of hydrogen-bond donors (Lipinski definition) is 0. The SMILES string of the molecule is CC(C)COc1nsnc1C1=CCCN(C)C1.CCCCCOc1nsnc1C1=CCCN(C)C1. The fourth-order valence-electron chi connectivity index (χ4n) is 3.84. The van der Waals surface area contributed by atoms with E-state index in [0.29, 0.717) is 18.4 Å². The molecule has 0 aromatic carbocycles. The molecule has 0 bridgehead atoms. The first-order chi connectivity index (χ1) is 17.0. The lowest BCUT2D eigenvalue weighted by atomic mass is 10.1. The fraction of sp³-hybridized carbons (Fsp3) is 0.680. The molecule has 4 heterocycles. The number of aromatic nitrogens is 4. The van der Waals surface area contributed by atoms with Crippen LogP contribution in [-0.2, 0) is 0 Å². The molecule has 0 amide bonds. The lowest BCUT2D eigenvalue weighted by Crippen LogP contribution is -2.25. The highest BCUT2D eigenvalue weighted by Crippen LogP contribution is 2.28. The molecule has 0 unspecified atom stereocenters. The maximum atomic E-state index is 5.75. The van der Waals surface area contributed by atoms with E-state index in [4.69, 9.17) is 9.47 Å². The van der Waals surface area contributed by atoms with Gasteiger partial charge in [-0.25, -0.2) is 0 Å². The van der Waals surface area contributed by atoms with Gasteiger partial charge in [-0.05, 0) is 50.4 Å². The van der Waals surface area contributed by atoms with Crippen molar-refractivity contribution in [1.82, 2.24) is 27.3 Å². The van der Waals surface area contributed by atoms with E-state index in [1.54, 1.807) is 0 Å². The van der Waals surface area contributed by atoms with Gasteiger partial charge in [0.2, 0.25) is 0 Å². The summed E-state index contributed by atoms with van der Waals surface area (Å²) in [6.07, 6.45) is 10.2. The van der Waals surface area contributed by atoms with Crippen molar-refractivity contribution in [2.75, 3.05) is 53.5 Å². The summed E-state index contributed by atoms with van der Waals surface area (Å²) in [6.45, 7) is 12.0. The van der Waals surface area contributed by atoms with Crippen molar-refractivity contribution >= 4 is 34.6 Å². The van der Waals surface area contributed by atoms with Crippen LogP contribution in [0.25, 0.3) is 11.1 Å². The van der Waals surface area contributed by atoms with Crippen LogP contribution in [0.15, 0.2) is 12.2 Å². The van der Waals surface area contributed by atoms with Crippen molar-refractivity contribution in [2.24, 2.45) is 5.92 Å². The minimum absolute atomic E-state index is 0.507. The Morgan fingerprint density at radius 1 is 0.829 bits per heavy atom. The third kappa shape index (κ3) is 8.93. The smallest absolute Gasteiger partial charge is 0.253 e. The summed E-state index contributed by atoms with van der Waals surface area (Å²) in [5, 5.41) is 0. The Morgan fingerprint density at radius 2 is 1.37 bits per heavy atom. The van der Waals surface area contributed by atoms with E-state index in [-0.39, 0.29) is 0 Å². The molecule has 0 spiro atoms. The number of nitrogens with zero attached hydrogens (tertiary/aromatic N) is 6. The number of ether oxygens (including phenoxy) is 2. The molecule has 2 aromatic rings.